The molecule has 2 saturated heterocycles. The summed E-state index contributed by atoms with van der Waals surface area (Å²) in [5.74, 6) is -0.915. The van der Waals surface area contributed by atoms with Gasteiger partial charge in [-0.05, 0) is 32.1 Å². The Labute approximate surface area is 410 Å². The molecule has 0 aromatic rings. The molecule has 2 rings (SSSR count). The third-order valence-corrected chi connectivity index (χ3v) is 13.2. The van der Waals surface area contributed by atoms with E-state index in [-0.39, 0.29) is 26.1 Å². The monoisotopic (exact) mass is 975 g/mol. The Morgan fingerprint density at radius 2 is 0.853 bits per heavy atom. The Morgan fingerprint density at radius 3 is 1.34 bits per heavy atom. The number of allylic oxidation sites excluding steroid dienone is 2. The normalized spacial score (nSPS) is 25.8. The molecule has 0 aromatic heterocycles. The molecule has 400 valence electrons. The molecule has 2 heterocycles. The topological polar surface area (TPSA) is 231 Å². The van der Waals surface area contributed by atoms with E-state index in [0.29, 0.717) is 12.8 Å². The summed E-state index contributed by atoms with van der Waals surface area (Å²) in [5, 5.41) is 72.1. The van der Waals surface area contributed by atoms with Crippen molar-refractivity contribution < 1.29 is 73.8 Å². The third kappa shape index (κ3) is 28.3. The number of hydrogen-bond donors (Lipinski definition) is 7. The zero-order valence-electron chi connectivity index (χ0n) is 42.4. The molecule has 0 aliphatic carbocycles. The predicted octanol–water partition coefficient (Wildman–Crippen LogP) is 8.16. The summed E-state index contributed by atoms with van der Waals surface area (Å²) in [6.07, 6.45) is 23.7. The first-order valence-electron chi connectivity index (χ1n) is 27.3. The van der Waals surface area contributed by atoms with Crippen molar-refractivity contribution in [1.82, 2.24) is 0 Å². The molecule has 2 aliphatic rings. The van der Waals surface area contributed by atoms with Crippen LogP contribution in [0.2, 0.25) is 0 Å². The maximum absolute atomic E-state index is 13.0. The maximum atomic E-state index is 13.0. The zero-order valence-corrected chi connectivity index (χ0v) is 42.4. The molecule has 11 atom stereocenters. The van der Waals surface area contributed by atoms with Gasteiger partial charge in [-0.15, -0.1) is 0 Å². The van der Waals surface area contributed by atoms with E-state index in [1.54, 1.807) is 0 Å². The number of aliphatic hydroxyl groups excluding tert-OH is 7. The van der Waals surface area contributed by atoms with Crippen LogP contribution in [-0.2, 0) is 38.0 Å². The van der Waals surface area contributed by atoms with E-state index in [4.69, 9.17) is 28.4 Å². The van der Waals surface area contributed by atoms with Gasteiger partial charge in [0.05, 0.1) is 19.8 Å². The molecule has 7 N–H and O–H groups in total. The average molecular weight is 975 g/mol. The highest BCUT2D eigenvalue weighted by Crippen LogP contribution is 2.27. The lowest BCUT2D eigenvalue weighted by molar-refractivity contribution is -0.332. The van der Waals surface area contributed by atoms with Gasteiger partial charge in [-0.1, -0.05) is 187 Å². The molecule has 68 heavy (non-hydrogen) atoms. The smallest absolute Gasteiger partial charge is 0.306 e. The van der Waals surface area contributed by atoms with Crippen LogP contribution in [-0.4, -0.2) is 142 Å². The Bertz CT molecular complexity index is 1240. The van der Waals surface area contributed by atoms with E-state index in [0.717, 1.165) is 44.9 Å². The van der Waals surface area contributed by atoms with E-state index >= 15 is 0 Å². The number of carbonyl (C=O) groups excluding carboxylic acids is 2. The lowest BCUT2D eigenvalue weighted by atomic mass is 9.98. The number of hydrogen-bond acceptors (Lipinski definition) is 15. The molecule has 15 heteroatoms. The van der Waals surface area contributed by atoms with Crippen molar-refractivity contribution in [2.45, 2.75) is 287 Å². The van der Waals surface area contributed by atoms with Crippen molar-refractivity contribution >= 4 is 11.9 Å². The Balaban J connectivity index is 1.78. The van der Waals surface area contributed by atoms with Gasteiger partial charge in [-0.2, -0.15) is 0 Å². The molecule has 0 radical (unpaired) electrons. The zero-order chi connectivity index (χ0) is 49.6. The van der Waals surface area contributed by atoms with Crippen molar-refractivity contribution in [3.63, 3.8) is 0 Å². The highest BCUT2D eigenvalue weighted by atomic mass is 16.7. The van der Waals surface area contributed by atoms with Crippen molar-refractivity contribution in [3.8, 4) is 0 Å². The lowest BCUT2D eigenvalue weighted by Gasteiger charge is -2.42. The molecule has 2 aliphatic heterocycles. The van der Waals surface area contributed by atoms with Gasteiger partial charge >= 0.3 is 11.9 Å². The fraction of sp³-hybridized carbons (Fsp3) is 0.925. The van der Waals surface area contributed by atoms with Crippen molar-refractivity contribution in [2.24, 2.45) is 0 Å². The first-order valence-corrected chi connectivity index (χ1v) is 27.3. The molecular weight excluding hydrogens is 877 g/mol. The largest absolute Gasteiger partial charge is 0.462 e. The minimum Gasteiger partial charge on any atom is -0.462 e. The summed E-state index contributed by atoms with van der Waals surface area (Å²) in [4.78, 5) is 25.8. The second-order valence-corrected chi connectivity index (χ2v) is 19.4. The summed E-state index contributed by atoms with van der Waals surface area (Å²) in [7, 11) is 0. The number of unbranched alkanes of at least 4 members (excludes halogenated alkanes) is 27. The van der Waals surface area contributed by atoms with Crippen LogP contribution in [0.4, 0.5) is 0 Å². The fourth-order valence-corrected chi connectivity index (χ4v) is 8.73. The minimum absolute atomic E-state index is 0.167. The fourth-order valence-electron chi connectivity index (χ4n) is 8.73. The van der Waals surface area contributed by atoms with E-state index in [1.807, 2.05) is 0 Å². The summed E-state index contributed by atoms with van der Waals surface area (Å²) < 4.78 is 33.6. The van der Waals surface area contributed by atoms with Crippen LogP contribution in [0, 0.1) is 0 Å². The van der Waals surface area contributed by atoms with Gasteiger partial charge in [-0.25, -0.2) is 0 Å². The molecule has 0 saturated carbocycles. The van der Waals surface area contributed by atoms with Crippen molar-refractivity contribution in [1.29, 1.82) is 0 Å². The van der Waals surface area contributed by atoms with Crippen LogP contribution in [0.5, 0.6) is 0 Å². The Hall–Kier alpha value is -1.76. The first-order chi connectivity index (χ1) is 33.0. The van der Waals surface area contributed by atoms with Crippen LogP contribution >= 0.6 is 0 Å². The van der Waals surface area contributed by atoms with E-state index in [9.17, 15) is 45.3 Å². The molecule has 0 amide bonds. The summed E-state index contributed by atoms with van der Waals surface area (Å²) in [5.41, 5.74) is 0. The molecule has 2 fully saturated rings. The molecule has 15 nitrogen and oxygen atoms in total. The van der Waals surface area contributed by atoms with Gasteiger partial charge < -0.3 is 64.2 Å². The first kappa shape index (κ1) is 62.4. The second kappa shape index (κ2) is 40.8. The number of rotatable bonds is 43. The van der Waals surface area contributed by atoms with Gasteiger partial charge in [0, 0.05) is 12.8 Å². The summed E-state index contributed by atoms with van der Waals surface area (Å²) in [6.45, 7) is 2.59. The molecule has 0 aromatic carbocycles. The van der Waals surface area contributed by atoms with Gasteiger partial charge in [0.2, 0.25) is 0 Å². The second-order valence-electron chi connectivity index (χ2n) is 19.4. The number of carbonyl (C=O) groups is 2. The Morgan fingerprint density at radius 1 is 0.456 bits per heavy atom. The van der Waals surface area contributed by atoms with Gasteiger partial charge in [0.15, 0.2) is 18.7 Å². The molecule has 4 unspecified atom stereocenters. The average Bonchev–Trinajstić information content (AvgIpc) is 3.33. The number of ether oxygens (including phenoxy) is 6. The van der Waals surface area contributed by atoms with E-state index in [1.165, 1.54) is 135 Å². The summed E-state index contributed by atoms with van der Waals surface area (Å²) >= 11 is 0. The van der Waals surface area contributed by atoms with Gasteiger partial charge in [0.1, 0.15) is 55.4 Å². The van der Waals surface area contributed by atoms with E-state index in [2.05, 4.69) is 26.0 Å². The van der Waals surface area contributed by atoms with Crippen LogP contribution in [0.1, 0.15) is 219 Å². The Kier molecular flexibility index (Phi) is 37.4. The minimum atomic E-state index is -1.76. The van der Waals surface area contributed by atoms with Crippen LogP contribution in [0.15, 0.2) is 12.2 Å². The van der Waals surface area contributed by atoms with Gasteiger partial charge in [0.25, 0.3) is 0 Å². The van der Waals surface area contributed by atoms with Crippen LogP contribution < -0.4 is 0 Å². The number of esters is 2. The summed E-state index contributed by atoms with van der Waals surface area (Å²) in [6, 6.07) is 0. The van der Waals surface area contributed by atoms with Gasteiger partial charge in [-0.3, -0.25) is 9.59 Å². The molecule has 0 spiro atoms. The van der Waals surface area contributed by atoms with Crippen molar-refractivity contribution in [2.75, 3.05) is 26.4 Å². The molecule has 0 bridgehead atoms. The standard InChI is InChI=1S/C53H98O15/c1-3-5-7-9-11-13-15-17-19-20-22-23-25-27-29-31-33-35-44(55)63-38-41(66-45(56)36-34-32-30-28-26-24-21-18-16-14-12-10-8-6-4-2)39-64-52-51(62)49(60)47(58)43(68-52)40-65-53-50(61)48(59)46(57)42(37-54)67-53/h10,12,41-43,46-54,57-62H,3-9,11,13-40H2,1-2H3/b12-10+/t41-,42+,43+,46-,47-,48?,49?,50?,51?,52+,53+/m0/s1. The maximum Gasteiger partial charge on any atom is 0.306 e. The van der Waals surface area contributed by atoms with E-state index < -0.39 is 92.7 Å². The highest BCUT2D eigenvalue weighted by Gasteiger charge is 2.47. The quantitative estimate of drug-likeness (QED) is 0.0174. The lowest BCUT2D eigenvalue weighted by Crippen LogP contribution is -2.61. The number of aliphatic hydroxyl groups is 7. The highest BCUT2D eigenvalue weighted by molar-refractivity contribution is 5.70. The molecular formula is C53H98O15. The predicted molar refractivity (Wildman–Crippen MR) is 261 cm³/mol. The van der Waals surface area contributed by atoms with Crippen molar-refractivity contribution in [3.05, 3.63) is 12.2 Å². The van der Waals surface area contributed by atoms with Crippen LogP contribution in [0.3, 0.4) is 0 Å². The third-order valence-electron chi connectivity index (χ3n) is 13.2. The SMILES string of the molecule is CCCC/C=C/CCCCCCCCCCCC(=O)O[C@@H](COC(=O)CCCCCCCCCCCCCCCCCCC)CO[C@@H]1O[C@H](CO[C@@H]2O[C@H](CO)[C@H](O)C(O)C2O)[C@H](O)C(O)C1O. The van der Waals surface area contributed by atoms with Crippen LogP contribution in [0.25, 0.3) is 0 Å².